The lowest BCUT2D eigenvalue weighted by Crippen LogP contribution is -2.38. The molecule has 3 aromatic rings. The molecule has 1 aliphatic carbocycles. The quantitative estimate of drug-likeness (QED) is 0.479. The zero-order chi connectivity index (χ0) is 24.2. The minimum atomic E-state index is -1.14. The molecule has 1 heterocycles. The van der Waals surface area contributed by atoms with E-state index in [1.165, 1.54) is 11.3 Å². The Morgan fingerprint density at radius 1 is 1.00 bits per heavy atom. The number of benzene rings is 2. The van der Waals surface area contributed by atoms with Crippen molar-refractivity contribution in [3.05, 3.63) is 64.0 Å². The number of aryl methyl sites for hydroxylation is 1. The van der Waals surface area contributed by atoms with Crippen molar-refractivity contribution < 1.29 is 29.0 Å². The van der Waals surface area contributed by atoms with E-state index in [2.05, 4.69) is 0 Å². The van der Waals surface area contributed by atoms with E-state index in [1.54, 1.807) is 25.1 Å². The molecule has 0 saturated heterocycles. The molecule has 0 unspecified atom stereocenters. The maximum atomic E-state index is 13.9. The average Bonchev–Trinajstić information content (AvgIpc) is 3.21. The highest BCUT2D eigenvalue weighted by Crippen LogP contribution is 2.42. The van der Waals surface area contributed by atoms with Crippen LogP contribution in [-0.2, 0) is 27.2 Å². The number of rotatable bonds is 7. The molecule has 176 valence electrons. The Hall–Kier alpha value is -3.52. The molecule has 0 atom stereocenters. The van der Waals surface area contributed by atoms with Crippen LogP contribution in [0, 0.1) is 0 Å². The number of amides is 2. The summed E-state index contributed by atoms with van der Waals surface area (Å²) >= 11 is 1.25. The Morgan fingerprint density at radius 2 is 1.74 bits per heavy atom. The summed E-state index contributed by atoms with van der Waals surface area (Å²) in [6, 6.07) is 12.6. The van der Waals surface area contributed by atoms with Crippen LogP contribution < -0.4 is 4.90 Å². The summed E-state index contributed by atoms with van der Waals surface area (Å²) in [7, 11) is 0. The second-order valence-electron chi connectivity index (χ2n) is 8.07. The second-order valence-corrected chi connectivity index (χ2v) is 9.15. The smallest absolute Gasteiger partial charge is 0.341 e. The van der Waals surface area contributed by atoms with Crippen molar-refractivity contribution in [1.29, 1.82) is 0 Å². The maximum absolute atomic E-state index is 13.9. The Kier molecular flexibility index (Phi) is 7.07. The van der Waals surface area contributed by atoms with Gasteiger partial charge >= 0.3 is 11.9 Å². The molecule has 0 bridgehead atoms. The van der Waals surface area contributed by atoms with Crippen molar-refractivity contribution in [2.45, 2.75) is 45.4 Å². The van der Waals surface area contributed by atoms with Crippen LogP contribution in [0.5, 0.6) is 0 Å². The zero-order valence-corrected chi connectivity index (χ0v) is 19.7. The van der Waals surface area contributed by atoms with Gasteiger partial charge in [-0.1, -0.05) is 36.4 Å². The van der Waals surface area contributed by atoms with Crippen LogP contribution in [-0.4, -0.2) is 35.5 Å². The Labute approximate surface area is 200 Å². The van der Waals surface area contributed by atoms with Gasteiger partial charge in [0.25, 0.3) is 5.91 Å². The van der Waals surface area contributed by atoms with Gasteiger partial charge in [0.05, 0.1) is 18.6 Å². The highest BCUT2D eigenvalue weighted by molar-refractivity contribution is 7.17. The molecule has 8 heteroatoms. The number of hydrogen-bond acceptors (Lipinski definition) is 6. The van der Waals surface area contributed by atoms with Crippen molar-refractivity contribution in [2.24, 2.45) is 0 Å². The number of esters is 1. The molecule has 0 aliphatic heterocycles. The summed E-state index contributed by atoms with van der Waals surface area (Å²) in [5, 5.41) is 10.9. The first-order valence-electron chi connectivity index (χ1n) is 11.3. The third-order valence-corrected chi connectivity index (χ3v) is 7.14. The summed E-state index contributed by atoms with van der Waals surface area (Å²) in [5.41, 5.74) is 1.38. The maximum Gasteiger partial charge on any atom is 0.341 e. The number of imide groups is 1. The highest BCUT2D eigenvalue weighted by Gasteiger charge is 2.35. The number of hydrogen-bond donors (Lipinski definition) is 1. The number of carboxylic acids is 1. The third kappa shape index (κ3) is 4.59. The van der Waals surface area contributed by atoms with Gasteiger partial charge < -0.3 is 9.84 Å². The van der Waals surface area contributed by atoms with Crippen molar-refractivity contribution >= 4 is 50.9 Å². The molecule has 1 aliphatic rings. The Bertz CT molecular complexity index is 1270. The van der Waals surface area contributed by atoms with Crippen molar-refractivity contribution in [3.8, 4) is 0 Å². The number of fused-ring (bicyclic) bond motifs is 2. The number of thiophene rings is 1. The van der Waals surface area contributed by atoms with Gasteiger partial charge in [0.15, 0.2) is 0 Å². The van der Waals surface area contributed by atoms with Crippen molar-refractivity contribution in [3.63, 3.8) is 0 Å². The van der Waals surface area contributed by atoms with Crippen LogP contribution in [0.15, 0.2) is 42.5 Å². The number of nitrogens with zero attached hydrogens (tertiary/aromatic N) is 1. The van der Waals surface area contributed by atoms with Gasteiger partial charge in [0.2, 0.25) is 5.91 Å². The molecule has 4 rings (SSSR count). The number of aliphatic carboxylic acids is 1. The van der Waals surface area contributed by atoms with E-state index >= 15 is 0 Å². The predicted molar refractivity (Wildman–Crippen MR) is 130 cm³/mol. The summed E-state index contributed by atoms with van der Waals surface area (Å²) in [6.07, 6.45) is 2.50. The molecule has 7 nitrogen and oxygen atoms in total. The molecule has 2 amide bonds. The SMILES string of the molecule is CCOC(=O)c1c(N(C(=O)CCC(=O)O)C(=O)c2cccc3ccccc23)sc2c1CCCC2. The van der Waals surface area contributed by atoms with Crippen LogP contribution in [0.2, 0.25) is 0 Å². The Morgan fingerprint density at radius 3 is 2.50 bits per heavy atom. The van der Waals surface area contributed by atoms with E-state index in [-0.39, 0.29) is 23.6 Å². The normalized spacial score (nSPS) is 12.7. The largest absolute Gasteiger partial charge is 0.481 e. The van der Waals surface area contributed by atoms with Gasteiger partial charge in [-0.25, -0.2) is 9.69 Å². The molecular formula is C26H25NO6S. The number of carbonyl (C=O) groups is 4. The molecule has 1 N–H and O–H groups in total. The molecule has 0 spiro atoms. The van der Waals surface area contributed by atoms with Gasteiger partial charge in [0, 0.05) is 16.9 Å². The first-order chi connectivity index (χ1) is 16.4. The fraction of sp³-hybridized carbons (Fsp3) is 0.308. The topological polar surface area (TPSA) is 101 Å². The average molecular weight is 480 g/mol. The predicted octanol–water partition coefficient (Wildman–Crippen LogP) is 5.00. The number of anilines is 1. The Balaban J connectivity index is 1.88. The van der Waals surface area contributed by atoms with Crippen LogP contribution in [0.4, 0.5) is 5.00 Å². The van der Waals surface area contributed by atoms with Gasteiger partial charge in [-0.05, 0) is 55.0 Å². The lowest BCUT2D eigenvalue weighted by atomic mass is 9.95. The zero-order valence-electron chi connectivity index (χ0n) is 18.8. The first kappa shape index (κ1) is 23.6. The third-order valence-electron chi connectivity index (χ3n) is 5.86. The number of carboxylic acid groups (broad SMARTS) is 1. The fourth-order valence-corrected chi connectivity index (χ4v) is 5.69. The number of carbonyl (C=O) groups excluding carboxylic acids is 3. The van der Waals surface area contributed by atoms with Gasteiger partial charge in [0.1, 0.15) is 5.00 Å². The summed E-state index contributed by atoms with van der Waals surface area (Å²) in [5.74, 6) is -2.96. The van der Waals surface area contributed by atoms with E-state index in [0.717, 1.165) is 40.0 Å². The monoisotopic (exact) mass is 479 g/mol. The molecule has 2 aromatic carbocycles. The van der Waals surface area contributed by atoms with Gasteiger partial charge in [-0.3, -0.25) is 14.4 Å². The van der Waals surface area contributed by atoms with E-state index in [0.29, 0.717) is 17.4 Å². The summed E-state index contributed by atoms with van der Waals surface area (Å²) in [4.78, 5) is 53.4. The number of ether oxygens (including phenoxy) is 1. The van der Waals surface area contributed by atoms with Crippen LogP contribution in [0.1, 0.15) is 63.8 Å². The first-order valence-corrected chi connectivity index (χ1v) is 12.1. The second kappa shape index (κ2) is 10.2. The molecule has 34 heavy (non-hydrogen) atoms. The molecular weight excluding hydrogens is 454 g/mol. The van der Waals surface area contributed by atoms with Gasteiger partial charge in [-0.15, -0.1) is 11.3 Å². The van der Waals surface area contributed by atoms with Crippen LogP contribution in [0.25, 0.3) is 10.8 Å². The lowest BCUT2D eigenvalue weighted by molar-refractivity contribution is -0.138. The van der Waals surface area contributed by atoms with E-state index < -0.39 is 30.2 Å². The van der Waals surface area contributed by atoms with Crippen molar-refractivity contribution in [2.75, 3.05) is 11.5 Å². The molecule has 0 fully saturated rings. The minimum Gasteiger partial charge on any atom is -0.481 e. The van der Waals surface area contributed by atoms with Crippen LogP contribution >= 0.6 is 11.3 Å². The molecule has 1 aromatic heterocycles. The minimum absolute atomic E-state index is 0.160. The lowest BCUT2D eigenvalue weighted by Gasteiger charge is -2.22. The highest BCUT2D eigenvalue weighted by atomic mass is 32.1. The summed E-state index contributed by atoms with van der Waals surface area (Å²) < 4.78 is 5.30. The van der Waals surface area contributed by atoms with E-state index in [4.69, 9.17) is 9.84 Å². The van der Waals surface area contributed by atoms with Crippen LogP contribution in [0.3, 0.4) is 0 Å². The molecule has 0 radical (unpaired) electrons. The van der Waals surface area contributed by atoms with Crippen molar-refractivity contribution in [1.82, 2.24) is 0 Å². The summed E-state index contributed by atoms with van der Waals surface area (Å²) in [6.45, 7) is 1.86. The fourth-order valence-electron chi connectivity index (χ4n) is 4.30. The van der Waals surface area contributed by atoms with Gasteiger partial charge in [-0.2, -0.15) is 0 Å². The molecule has 0 saturated carbocycles. The van der Waals surface area contributed by atoms with E-state index in [9.17, 15) is 19.2 Å². The standard InChI is InChI=1S/C26H25NO6S/c1-2-33-26(32)23-19-11-5-6-13-20(19)34-25(23)27(21(28)14-15-22(29)30)24(31)18-12-7-9-16-8-3-4-10-17(16)18/h3-4,7-10,12H,2,5-6,11,13-15H2,1H3,(H,29,30). The van der Waals surface area contributed by atoms with E-state index in [1.807, 2.05) is 24.3 Å².